The number of nitrogens with zero attached hydrogens (tertiary/aromatic N) is 2. The van der Waals surface area contributed by atoms with Gasteiger partial charge in [0.2, 0.25) is 15.9 Å². The lowest BCUT2D eigenvalue weighted by Crippen LogP contribution is -2.44. The zero-order chi connectivity index (χ0) is 17.4. The number of hydrogen-bond acceptors (Lipinski definition) is 5. The van der Waals surface area contributed by atoms with Gasteiger partial charge in [-0.05, 0) is 60.2 Å². The second kappa shape index (κ2) is 6.74. The molecule has 2 aliphatic rings. The third-order valence-electron chi connectivity index (χ3n) is 5.30. The Balaban J connectivity index is 1.74. The molecule has 0 radical (unpaired) electrons. The molecule has 1 saturated carbocycles. The summed E-state index contributed by atoms with van der Waals surface area (Å²) in [6.07, 6.45) is 4.35. The highest BCUT2D eigenvalue weighted by atomic mass is 32.2. The minimum Gasteiger partial charge on any atom is -0.334 e. The van der Waals surface area contributed by atoms with Crippen LogP contribution < -0.4 is 5.32 Å². The Morgan fingerprint density at radius 3 is 2.71 bits per heavy atom. The summed E-state index contributed by atoms with van der Waals surface area (Å²) in [5.74, 6) is -0.102. The summed E-state index contributed by atoms with van der Waals surface area (Å²) >= 11 is 1.62. The average Bonchev–Trinajstić information content (AvgIpc) is 2.97. The van der Waals surface area contributed by atoms with Crippen LogP contribution in [0.4, 0.5) is 0 Å². The molecule has 1 amide bonds. The van der Waals surface area contributed by atoms with E-state index < -0.39 is 10.0 Å². The SMILES string of the molecule is CN(CC(=O)N(Cc1ccsc1)C1CC12CCNCC2)S(C)(=O)=O. The van der Waals surface area contributed by atoms with Gasteiger partial charge in [0.05, 0.1) is 12.8 Å². The second-order valence-corrected chi connectivity index (χ2v) is 9.87. The van der Waals surface area contributed by atoms with E-state index in [1.54, 1.807) is 11.3 Å². The first-order valence-corrected chi connectivity index (χ1v) is 11.0. The van der Waals surface area contributed by atoms with Gasteiger partial charge >= 0.3 is 0 Å². The van der Waals surface area contributed by atoms with Crippen LogP contribution in [-0.4, -0.2) is 62.5 Å². The van der Waals surface area contributed by atoms with Crippen molar-refractivity contribution in [2.45, 2.75) is 31.8 Å². The Bertz CT molecular complexity index is 681. The highest BCUT2D eigenvalue weighted by molar-refractivity contribution is 7.88. The number of likely N-dealkylation sites (N-methyl/N-ethyl adjacent to an activating group) is 1. The molecule has 1 aromatic heterocycles. The van der Waals surface area contributed by atoms with Crippen molar-refractivity contribution in [3.63, 3.8) is 0 Å². The number of rotatable bonds is 6. The third-order valence-corrected chi connectivity index (χ3v) is 7.29. The minimum atomic E-state index is -3.35. The summed E-state index contributed by atoms with van der Waals surface area (Å²) < 4.78 is 24.4. The monoisotopic (exact) mass is 371 g/mol. The number of carbonyl (C=O) groups excluding carboxylic acids is 1. The topological polar surface area (TPSA) is 69.7 Å². The smallest absolute Gasteiger partial charge is 0.238 e. The molecule has 1 unspecified atom stereocenters. The van der Waals surface area contributed by atoms with Crippen LogP contribution in [0.2, 0.25) is 0 Å². The Morgan fingerprint density at radius 2 is 2.12 bits per heavy atom. The largest absolute Gasteiger partial charge is 0.334 e. The normalized spacial score (nSPS) is 22.7. The van der Waals surface area contributed by atoms with E-state index in [1.165, 1.54) is 7.05 Å². The fourth-order valence-corrected chi connectivity index (χ4v) is 4.58. The minimum absolute atomic E-state index is 0.0895. The molecular weight excluding hydrogens is 346 g/mol. The van der Waals surface area contributed by atoms with Gasteiger partial charge < -0.3 is 10.2 Å². The van der Waals surface area contributed by atoms with Gasteiger partial charge in [-0.2, -0.15) is 15.6 Å². The highest BCUT2D eigenvalue weighted by Gasteiger charge is 2.57. The molecular formula is C16H25N3O3S2. The molecule has 6 nitrogen and oxygen atoms in total. The number of nitrogens with one attached hydrogen (secondary N) is 1. The van der Waals surface area contributed by atoms with E-state index in [0.29, 0.717) is 6.54 Å². The zero-order valence-corrected chi connectivity index (χ0v) is 15.8. The maximum absolute atomic E-state index is 12.8. The van der Waals surface area contributed by atoms with E-state index in [9.17, 15) is 13.2 Å². The molecule has 2 fully saturated rings. The first-order chi connectivity index (χ1) is 11.3. The molecule has 8 heteroatoms. The summed E-state index contributed by atoms with van der Waals surface area (Å²) in [5, 5.41) is 7.44. The van der Waals surface area contributed by atoms with Crippen LogP contribution in [0.3, 0.4) is 0 Å². The van der Waals surface area contributed by atoms with Gasteiger partial charge in [-0.25, -0.2) is 8.42 Å². The molecule has 1 saturated heterocycles. The molecule has 1 spiro atoms. The summed E-state index contributed by atoms with van der Waals surface area (Å²) in [6, 6.07) is 2.27. The summed E-state index contributed by atoms with van der Waals surface area (Å²) in [5.41, 5.74) is 1.35. The number of hydrogen-bond donors (Lipinski definition) is 1. The van der Waals surface area contributed by atoms with Crippen LogP contribution in [0.5, 0.6) is 0 Å². The number of amides is 1. The van der Waals surface area contributed by atoms with Crippen molar-refractivity contribution in [3.8, 4) is 0 Å². The van der Waals surface area contributed by atoms with Gasteiger partial charge in [0.1, 0.15) is 0 Å². The van der Waals surface area contributed by atoms with Crippen molar-refractivity contribution in [1.29, 1.82) is 0 Å². The quantitative estimate of drug-likeness (QED) is 0.813. The number of thiophene rings is 1. The standard InChI is InChI=1S/C16H25N3O3S2/c1-18(24(2,21)22)11-15(20)19(10-13-3-8-23-12-13)14-9-16(14)4-6-17-7-5-16/h3,8,12,14,17H,4-7,9-11H2,1-2H3. The Hall–Kier alpha value is -0.960. The second-order valence-electron chi connectivity index (χ2n) is 7.00. The summed E-state index contributed by atoms with van der Waals surface area (Å²) in [7, 11) is -1.89. The molecule has 1 aliphatic carbocycles. The predicted molar refractivity (Wildman–Crippen MR) is 95.3 cm³/mol. The number of sulfonamides is 1. The number of piperidine rings is 1. The molecule has 1 N–H and O–H groups in total. The van der Waals surface area contributed by atoms with Crippen molar-refractivity contribution in [2.75, 3.05) is 32.9 Å². The van der Waals surface area contributed by atoms with Crippen molar-refractivity contribution in [2.24, 2.45) is 5.41 Å². The molecule has 134 valence electrons. The van der Waals surface area contributed by atoms with Crippen molar-refractivity contribution < 1.29 is 13.2 Å². The van der Waals surface area contributed by atoms with Crippen LogP contribution >= 0.6 is 11.3 Å². The van der Waals surface area contributed by atoms with E-state index in [2.05, 4.69) is 10.7 Å². The summed E-state index contributed by atoms with van der Waals surface area (Å²) in [6.45, 7) is 2.48. The van der Waals surface area contributed by atoms with Crippen molar-refractivity contribution in [1.82, 2.24) is 14.5 Å². The van der Waals surface area contributed by atoms with Gasteiger partial charge in [0.25, 0.3) is 0 Å². The average molecular weight is 372 g/mol. The maximum atomic E-state index is 12.8. The van der Waals surface area contributed by atoms with Crippen LogP contribution in [0.1, 0.15) is 24.8 Å². The molecule has 1 aromatic rings. The van der Waals surface area contributed by atoms with E-state index in [0.717, 1.165) is 48.5 Å². The Kier molecular flexibility index (Phi) is 5.01. The lowest BCUT2D eigenvalue weighted by molar-refractivity contribution is -0.133. The van der Waals surface area contributed by atoms with Crippen molar-refractivity contribution in [3.05, 3.63) is 22.4 Å². The predicted octanol–water partition coefficient (Wildman–Crippen LogP) is 1.11. The molecule has 0 aromatic carbocycles. The highest BCUT2D eigenvalue weighted by Crippen LogP contribution is 2.56. The van der Waals surface area contributed by atoms with E-state index in [-0.39, 0.29) is 23.9 Å². The first-order valence-electron chi connectivity index (χ1n) is 8.24. The van der Waals surface area contributed by atoms with Gasteiger partial charge in [-0.15, -0.1) is 0 Å². The van der Waals surface area contributed by atoms with E-state index >= 15 is 0 Å². The fraction of sp³-hybridized carbons (Fsp3) is 0.688. The number of carbonyl (C=O) groups is 1. The molecule has 1 atom stereocenters. The van der Waals surface area contributed by atoms with Gasteiger partial charge in [0.15, 0.2) is 0 Å². The molecule has 0 bridgehead atoms. The van der Waals surface area contributed by atoms with Gasteiger partial charge in [0, 0.05) is 19.6 Å². The molecule has 2 heterocycles. The Labute approximate surface area is 147 Å². The van der Waals surface area contributed by atoms with E-state index in [1.807, 2.05) is 16.3 Å². The van der Waals surface area contributed by atoms with Gasteiger partial charge in [-0.3, -0.25) is 4.79 Å². The van der Waals surface area contributed by atoms with Crippen LogP contribution in [-0.2, 0) is 21.4 Å². The van der Waals surface area contributed by atoms with Crippen LogP contribution in [0.25, 0.3) is 0 Å². The van der Waals surface area contributed by atoms with Gasteiger partial charge in [-0.1, -0.05) is 0 Å². The molecule has 1 aliphatic heterocycles. The first kappa shape index (κ1) is 17.8. The van der Waals surface area contributed by atoms with Crippen LogP contribution in [0.15, 0.2) is 16.8 Å². The maximum Gasteiger partial charge on any atom is 0.238 e. The van der Waals surface area contributed by atoms with Crippen LogP contribution in [0, 0.1) is 5.41 Å². The molecule has 24 heavy (non-hydrogen) atoms. The summed E-state index contributed by atoms with van der Waals surface area (Å²) in [4.78, 5) is 14.8. The van der Waals surface area contributed by atoms with E-state index in [4.69, 9.17) is 0 Å². The third kappa shape index (κ3) is 3.82. The lowest BCUT2D eigenvalue weighted by Gasteiger charge is -2.30. The zero-order valence-electron chi connectivity index (χ0n) is 14.2. The fourth-order valence-electron chi connectivity index (χ4n) is 3.58. The van der Waals surface area contributed by atoms with Crippen molar-refractivity contribution >= 4 is 27.3 Å². The Morgan fingerprint density at radius 1 is 1.42 bits per heavy atom. The lowest BCUT2D eigenvalue weighted by atomic mass is 9.93. The molecule has 3 rings (SSSR count).